The minimum Gasteiger partial charge on any atom is -0.351 e. The largest absolute Gasteiger partial charge is 0.511 e. The minimum atomic E-state index is -5.69. The van der Waals surface area contributed by atoms with Crippen molar-refractivity contribution in [3.63, 3.8) is 0 Å². The van der Waals surface area contributed by atoms with Crippen molar-refractivity contribution in [1.82, 2.24) is 30.7 Å². The summed E-state index contributed by atoms with van der Waals surface area (Å²) in [7, 11) is -5.69. The highest BCUT2D eigenvalue weighted by atomic mass is 32.2. The summed E-state index contributed by atoms with van der Waals surface area (Å²) < 4.78 is 64.0. The van der Waals surface area contributed by atoms with Crippen molar-refractivity contribution >= 4 is 15.9 Å². The molecule has 3 rings (SSSR count). The van der Waals surface area contributed by atoms with Crippen LogP contribution in [0.3, 0.4) is 0 Å². The number of nitrogens with zero attached hydrogens (tertiary/aromatic N) is 3. The summed E-state index contributed by atoms with van der Waals surface area (Å²) in [6, 6.07) is 13.1. The number of aromatic amines is 1. The van der Waals surface area contributed by atoms with Gasteiger partial charge in [-0.15, -0.1) is 10.2 Å². The third-order valence-electron chi connectivity index (χ3n) is 5.95. The van der Waals surface area contributed by atoms with Crippen LogP contribution in [0.2, 0.25) is 0 Å². The topological polar surface area (TPSA) is 130 Å². The first-order chi connectivity index (χ1) is 17.5. The van der Waals surface area contributed by atoms with Gasteiger partial charge in [0.05, 0.1) is 0 Å². The Labute approximate surface area is 213 Å². The lowest BCUT2D eigenvalue weighted by molar-refractivity contribution is -0.124. The van der Waals surface area contributed by atoms with Crippen LogP contribution in [0, 0.1) is 5.92 Å². The summed E-state index contributed by atoms with van der Waals surface area (Å²) in [5.74, 6) is -1.01. The molecule has 200 valence electrons. The number of carbonyl (C=O) groups is 1. The molecule has 37 heavy (non-hydrogen) atoms. The first-order valence-electron chi connectivity index (χ1n) is 11.8. The maximum Gasteiger partial charge on any atom is 0.511 e. The Hall–Kier alpha value is -3.32. The summed E-state index contributed by atoms with van der Waals surface area (Å²) in [6.07, 6.45) is 2.78. The minimum absolute atomic E-state index is 0.0114. The van der Waals surface area contributed by atoms with Crippen LogP contribution in [0.1, 0.15) is 45.1 Å². The second-order valence-corrected chi connectivity index (χ2v) is 10.4. The average Bonchev–Trinajstić information content (AvgIpc) is 3.40. The quantitative estimate of drug-likeness (QED) is 0.297. The Morgan fingerprint density at radius 1 is 1.05 bits per heavy atom. The van der Waals surface area contributed by atoms with E-state index in [1.807, 2.05) is 43.3 Å². The van der Waals surface area contributed by atoms with Gasteiger partial charge in [-0.1, -0.05) is 81.6 Å². The third kappa shape index (κ3) is 7.35. The van der Waals surface area contributed by atoms with Gasteiger partial charge in [-0.3, -0.25) is 4.79 Å². The molecule has 0 radical (unpaired) electrons. The van der Waals surface area contributed by atoms with Gasteiger partial charge in [-0.25, -0.2) is 8.42 Å². The monoisotopic (exact) mass is 538 g/mol. The van der Waals surface area contributed by atoms with Crippen molar-refractivity contribution in [3.8, 4) is 22.5 Å². The highest BCUT2D eigenvalue weighted by molar-refractivity contribution is 7.90. The number of unbranched alkanes of at least 4 members (excludes halogenated alkanes) is 2. The van der Waals surface area contributed by atoms with Gasteiger partial charge < -0.3 is 5.32 Å². The maximum atomic E-state index is 13.0. The van der Waals surface area contributed by atoms with Gasteiger partial charge in [0, 0.05) is 12.1 Å². The molecule has 3 aromatic rings. The highest BCUT2D eigenvalue weighted by Gasteiger charge is 2.48. The van der Waals surface area contributed by atoms with E-state index in [0.29, 0.717) is 24.2 Å². The number of amides is 1. The molecule has 0 saturated heterocycles. The Morgan fingerprint density at radius 3 is 2.32 bits per heavy atom. The number of benzene rings is 2. The van der Waals surface area contributed by atoms with E-state index in [1.54, 1.807) is 23.8 Å². The van der Waals surface area contributed by atoms with Gasteiger partial charge in [0.15, 0.2) is 0 Å². The van der Waals surface area contributed by atoms with E-state index in [-0.39, 0.29) is 6.54 Å². The number of halogens is 3. The van der Waals surface area contributed by atoms with Crippen LogP contribution in [-0.4, -0.2) is 46.5 Å². The molecular weight excluding hydrogens is 509 g/mol. The smallest absolute Gasteiger partial charge is 0.351 e. The average molecular weight is 539 g/mol. The van der Waals surface area contributed by atoms with E-state index in [1.165, 1.54) is 0 Å². The Kier molecular flexibility index (Phi) is 9.38. The molecule has 0 bridgehead atoms. The molecule has 2 unspecified atom stereocenters. The van der Waals surface area contributed by atoms with E-state index >= 15 is 0 Å². The van der Waals surface area contributed by atoms with Crippen LogP contribution in [0.15, 0.2) is 48.5 Å². The Bertz CT molecular complexity index is 1270. The highest BCUT2D eigenvalue weighted by Crippen LogP contribution is 2.30. The molecule has 2 aromatic carbocycles. The normalized spacial score (nSPS) is 13.8. The van der Waals surface area contributed by atoms with Gasteiger partial charge in [0.1, 0.15) is 6.04 Å². The zero-order valence-corrected chi connectivity index (χ0v) is 21.2. The molecule has 0 aliphatic rings. The van der Waals surface area contributed by atoms with Crippen LogP contribution < -0.4 is 10.0 Å². The fourth-order valence-corrected chi connectivity index (χ4v) is 4.66. The summed E-state index contributed by atoms with van der Waals surface area (Å²) in [5.41, 5.74) is -2.33. The molecule has 3 N–H and O–H groups in total. The lowest BCUT2D eigenvalue weighted by Crippen LogP contribution is -2.53. The second kappa shape index (κ2) is 12.3. The summed E-state index contributed by atoms with van der Waals surface area (Å²) >= 11 is 0. The summed E-state index contributed by atoms with van der Waals surface area (Å²) in [5, 5.41) is 16.6. The van der Waals surface area contributed by atoms with Gasteiger partial charge in [0.25, 0.3) is 0 Å². The Balaban J connectivity index is 1.72. The molecule has 0 saturated carbocycles. The molecule has 0 aliphatic heterocycles. The van der Waals surface area contributed by atoms with Crippen molar-refractivity contribution in [1.29, 1.82) is 0 Å². The predicted octanol–water partition coefficient (Wildman–Crippen LogP) is 4.17. The van der Waals surface area contributed by atoms with E-state index in [2.05, 4.69) is 25.9 Å². The number of sulfonamides is 1. The number of tetrazole rings is 1. The van der Waals surface area contributed by atoms with E-state index in [9.17, 15) is 26.4 Å². The number of aromatic nitrogens is 4. The molecule has 1 aromatic heterocycles. The zero-order chi connectivity index (χ0) is 27.1. The van der Waals surface area contributed by atoms with Crippen molar-refractivity contribution in [2.45, 2.75) is 57.6 Å². The van der Waals surface area contributed by atoms with Crippen molar-refractivity contribution in [2.24, 2.45) is 5.92 Å². The van der Waals surface area contributed by atoms with Crippen LogP contribution in [-0.2, 0) is 21.4 Å². The van der Waals surface area contributed by atoms with Crippen LogP contribution in [0.25, 0.3) is 22.5 Å². The predicted molar refractivity (Wildman–Crippen MR) is 132 cm³/mol. The number of nitrogens with one attached hydrogen (secondary N) is 3. The van der Waals surface area contributed by atoms with Crippen molar-refractivity contribution < 1.29 is 26.4 Å². The molecular formula is C24H29F3N6O3S. The lowest BCUT2D eigenvalue weighted by Gasteiger charge is -2.25. The number of hydrogen-bond donors (Lipinski definition) is 3. The van der Waals surface area contributed by atoms with Crippen LogP contribution >= 0.6 is 0 Å². The number of alkyl halides is 3. The Morgan fingerprint density at radius 2 is 1.73 bits per heavy atom. The molecule has 1 heterocycles. The summed E-state index contributed by atoms with van der Waals surface area (Å²) in [4.78, 5) is 12.8. The molecule has 0 fully saturated rings. The van der Waals surface area contributed by atoms with Gasteiger partial charge >= 0.3 is 15.5 Å². The van der Waals surface area contributed by atoms with Gasteiger partial charge in [-0.05, 0) is 34.2 Å². The summed E-state index contributed by atoms with van der Waals surface area (Å²) in [6.45, 7) is 3.54. The fourth-order valence-electron chi connectivity index (χ4n) is 3.85. The van der Waals surface area contributed by atoms with E-state index < -0.39 is 33.4 Å². The number of carbonyl (C=O) groups excluding carboxylic acids is 1. The molecule has 0 spiro atoms. The SMILES string of the molecule is CCCCCC(C)C(NS(=O)(=O)C(F)(F)F)C(=O)NCc1ccc(-c2ccccc2-c2nn[nH]n2)cc1. The first kappa shape index (κ1) is 28.3. The third-order valence-corrected chi connectivity index (χ3v) is 7.12. The first-order valence-corrected chi connectivity index (χ1v) is 13.3. The van der Waals surface area contributed by atoms with Gasteiger partial charge in [0.2, 0.25) is 11.7 Å². The molecule has 9 nitrogen and oxygen atoms in total. The standard InChI is InChI=1S/C24H29F3N6O3S/c1-3-4-5-8-16(2)21(31-37(35,36)24(25,26)27)23(34)28-15-17-11-13-18(14-12-17)19-9-6-7-10-20(19)22-29-32-33-30-22/h6-7,9-14,16,21,31H,3-5,8,15H2,1-2H3,(H,28,34)(H,29,30,32,33). The van der Waals surface area contributed by atoms with Crippen LogP contribution in [0.5, 0.6) is 0 Å². The van der Waals surface area contributed by atoms with Crippen molar-refractivity contribution in [2.75, 3.05) is 0 Å². The maximum absolute atomic E-state index is 13.0. The number of hydrogen-bond acceptors (Lipinski definition) is 6. The lowest BCUT2D eigenvalue weighted by atomic mass is 9.95. The van der Waals surface area contributed by atoms with E-state index in [4.69, 9.17) is 0 Å². The molecule has 1 amide bonds. The number of rotatable bonds is 12. The fraction of sp³-hybridized carbons (Fsp3) is 0.417. The molecule has 2 atom stereocenters. The molecule has 0 aliphatic carbocycles. The van der Waals surface area contributed by atoms with E-state index in [0.717, 1.165) is 29.5 Å². The van der Waals surface area contributed by atoms with Crippen molar-refractivity contribution in [3.05, 3.63) is 54.1 Å². The van der Waals surface area contributed by atoms with Gasteiger partial charge in [-0.2, -0.15) is 23.1 Å². The van der Waals surface area contributed by atoms with Crippen LogP contribution in [0.4, 0.5) is 13.2 Å². The second-order valence-electron chi connectivity index (χ2n) is 8.71. The molecule has 13 heteroatoms. The zero-order valence-electron chi connectivity index (χ0n) is 20.4. The number of H-pyrrole nitrogens is 1.